The number of hydrogen-bond acceptors (Lipinski definition) is 2. The highest BCUT2D eigenvalue weighted by Gasteiger charge is 2.09. The van der Waals surface area contributed by atoms with Crippen molar-refractivity contribution in [2.75, 3.05) is 0 Å². The third kappa shape index (κ3) is 4.99. The van der Waals surface area contributed by atoms with E-state index >= 15 is 0 Å². The van der Waals surface area contributed by atoms with E-state index in [0.29, 0.717) is 0 Å². The summed E-state index contributed by atoms with van der Waals surface area (Å²) in [4.78, 5) is 2.93. The Morgan fingerprint density at radius 3 is 1.86 bits per heavy atom. The van der Waals surface area contributed by atoms with Gasteiger partial charge in [-0.2, -0.15) is 0 Å². The van der Waals surface area contributed by atoms with Crippen LogP contribution < -0.4 is 0 Å². The van der Waals surface area contributed by atoms with Gasteiger partial charge in [0.25, 0.3) is 0 Å². The summed E-state index contributed by atoms with van der Waals surface area (Å²) in [6, 6.07) is 23.0. The Morgan fingerprint density at radius 2 is 1.21 bits per heavy atom. The number of aryl methyl sites for hydroxylation is 2. The van der Waals surface area contributed by atoms with Gasteiger partial charge >= 0.3 is 0 Å². The molecular formula is C27H30S2. The predicted molar refractivity (Wildman–Crippen MR) is 132 cm³/mol. The summed E-state index contributed by atoms with van der Waals surface area (Å²) in [6.07, 6.45) is 8.90. The van der Waals surface area contributed by atoms with Crippen LogP contribution >= 0.6 is 22.7 Å². The fourth-order valence-electron chi connectivity index (χ4n) is 3.77. The fraction of sp³-hybridized carbons (Fsp3) is 0.333. The molecule has 0 atom stereocenters. The molecule has 2 aromatic heterocycles. The maximum absolute atomic E-state index is 2.41. The monoisotopic (exact) mass is 418 g/mol. The third-order valence-electron chi connectivity index (χ3n) is 5.56. The van der Waals surface area contributed by atoms with Crippen molar-refractivity contribution >= 4 is 32.1 Å². The summed E-state index contributed by atoms with van der Waals surface area (Å²) in [5.41, 5.74) is 5.38. The molecule has 0 aliphatic heterocycles. The zero-order valence-corrected chi connectivity index (χ0v) is 19.2. The highest BCUT2D eigenvalue weighted by Crippen LogP contribution is 2.39. The van der Waals surface area contributed by atoms with Crippen molar-refractivity contribution in [3.63, 3.8) is 0 Å². The van der Waals surface area contributed by atoms with E-state index in [1.807, 2.05) is 22.7 Å². The topological polar surface area (TPSA) is 0 Å². The number of rotatable bonds is 9. The first kappa shape index (κ1) is 20.4. The molecule has 0 amide bonds. The van der Waals surface area contributed by atoms with Crippen molar-refractivity contribution in [3.05, 3.63) is 71.1 Å². The van der Waals surface area contributed by atoms with Crippen molar-refractivity contribution in [2.24, 2.45) is 0 Å². The summed E-state index contributed by atoms with van der Waals surface area (Å²) < 4.78 is 2.89. The molecule has 0 aliphatic carbocycles. The van der Waals surface area contributed by atoms with Gasteiger partial charge in [-0.05, 0) is 60.1 Å². The van der Waals surface area contributed by atoms with Crippen molar-refractivity contribution in [1.82, 2.24) is 0 Å². The van der Waals surface area contributed by atoms with Crippen LogP contribution in [0.15, 0.2) is 60.7 Å². The number of thiophene rings is 2. The van der Waals surface area contributed by atoms with Gasteiger partial charge in [0, 0.05) is 19.2 Å². The summed E-state index contributed by atoms with van der Waals surface area (Å²) in [5, 5.41) is 0. The van der Waals surface area contributed by atoms with E-state index in [-0.39, 0.29) is 0 Å². The molecule has 2 aromatic carbocycles. The summed E-state index contributed by atoms with van der Waals surface area (Å²) in [7, 11) is 0. The largest absolute Gasteiger partial charge is 0.139 e. The van der Waals surface area contributed by atoms with E-state index in [1.165, 1.54) is 81.5 Å². The Morgan fingerprint density at radius 1 is 0.586 bits per heavy atom. The first-order valence-corrected chi connectivity index (χ1v) is 12.6. The maximum atomic E-state index is 2.41. The SMILES string of the molecule is CCCCCc1cc2sc(-c3ccc(-c4ccc(CCCC)cc4)cc3)cc2s1. The van der Waals surface area contributed by atoms with E-state index in [2.05, 4.69) is 74.5 Å². The van der Waals surface area contributed by atoms with Gasteiger partial charge in [-0.1, -0.05) is 81.6 Å². The van der Waals surface area contributed by atoms with Gasteiger partial charge in [-0.15, -0.1) is 22.7 Å². The quantitative estimate of drug-likeness (QED) is 0.237. The summed E-state index contributed by atoms with van der Waals surface area (Å²) in [6.45, 7) is 4.52. The molecule has 29 heavy (non-hydrogen) atoms. The molecule has 0 nitrogen and oxygen atoms in total. The van der Waals surface area contributed by atoms with Crippen molar-refractivity contribution < 1.29 is 0 Å². The Labute approximate surface area is 183 Å². The lowest BCUT2D eigenvalue weighted by atomic mass is 10.0. The van der Waals surface area contributed by atoms with Crippen LogP contribution in [0.4, 0.5) is 0 Å². The molecule has 0 unspecified atom stereocenters. The van der Waals surface area contributed by atoms with Crippen molar-refractivity contribution in [1.29, 1.82) is 0 Å². The molecule has 0 bridgehead atoms. The summed E-state index contributed by atoms with van der Waals surface area (Å²) >= 11 is 3.91. The second-order valence-electron chi connectivity index (χ2n) is 7.89. The minimum atomic E-state index is 1.19. The zero-order chi connectivity index (χ0) is 20.1. The average molecular weight is 419 g/mol. The molecular weight excluding hydrogens is 388 g/mol. The highest BCUT2D eigenvalue weighted by atomic mass is 32.1. The number of fused-ring (bicyclic) bond motifs is 1. The van der Waals surface area contributed by atoms with E-state index in [0.717, 1.165) is 0 Å². The molecule has 0 saturated heterocycles. The highest BCUT2D eigenvalue weighted by molar-refractivity contribution is 7.29. The Hall–Kier alpha value is -1.90. The van der Waals surface area contributed by atoms with Crippen LogP contribution in [-0.2, 0) is 12.8 Å². The normalized spacial score (nSPS) is 11.4. The second-order valence-corrected chi connectivity index (χ2v) is 10.1. The first-order valence-electron chi connectivity index (χ1n) is 11.0. The smallest absolute Gasteiger partial charge is 0.0460 e. The Bertz CT molecular complexity index is 1000. The maximum Gasteiger partial charge on any atom is 0.0460 e. The average Bonchev–Trinajstić information content (AvgIpc) is 3.32. The molecule has 2 heteroatoms. The molecule has 0 fully saturated rings. The van der Waals surface area contributed by atoms with Crippen LogP contribution in [0.1, 0.15) is 56.4 Å². The zero-order valence-electron chi connectivity index (χ0n) is 17.5. The molecule has 0 radical (unpaired) electrons. The van der Waals surface area contributed by atoms with Crippen LogP contribution in [0.3, 0.4) is 0 Å². The van der Waals surface area contributed by atoms with Gasteiger partial charge in [0.05, 0.1) is 0 Å². The van der Waals surface area contributed by atoms with Gasteiger partial charge in [-0.3, -0.25) is 0 Å². The van der Waals surface area contributed by atoms with Gasteiger partial charge in [-0.25, -0.2) is 0 Å². The minimum absolute atomic E-state index is 1.19. The van der Waals surface area contributed by atoms with Gasteiger partial charge in [0.1, 0.15) is 0 Å². The minimum Gasteiger partial charge on any atom is -0.139 e. The standard InChI is InChI=1S/C27H30S2/c1-3-5-7-9-24-18-26-27(28-24)19-25(29-26)23-16-14-22(15-17-23)21-12-10-20(11-13-21)8-6-4-2/h10-19H,3-9H2,1-2H3. The lowest BCUT2D eigenvalue weighted by Crippen LogP contribution is -1.85. The van der Waals surface area contributed by atoms with E-state index in [9.17, 15) is 0 Å². The molecule has 4 aromatic rings. The van der Waals surface area contributed by atoms with Crippen LogP contribution in [0, 0.1) is 0 Å². The molecule has 0 saturated carbocycles. The van der Waals surface area contributed by atoms with E-state index < -0.39 is 0 Å². The van der Waals surface area contributed by atoms with Crippen molar-refractivity contribution in [3.8, 4) is 21.6 Å². The van der Waals surface area contributed by atoms with Gasteiger partial charge < -0.3 is 0 Å². The molecule has 0 N–H and O–H groups in total. The van der Waals surface area contributed by atoms with Crippen LogP contribution in [0.2, 0.25) is 0 Å². The number of hydrogen-bond donors (Lipinski definition) is 0. The molecule has 2 heterocycles. The lowest BCUT2D eigenvalue weighted by Gasteiger charge is -2.05. The first-order chi connectivity index (χ1) is 14.3. The van der Waals surface area contributed by atoms with Crippen molar-refractivity contribution in [2.45, 2.75) is 58.8 Å². The van der Waals surface area contributed by atoms with Gasteiger partial charge in [0.2, 0.25) is 0 Å². The Balaban J connectivity index is 1.46. The van der Waals surface area contributed by atoms with Gasteiger partial charge in [0.15, 0.2) is 0 Å². The number of unbranched alkanes of at least 4 members (excludes halogenated alkanes) is 3. The second kappa shape index (κ2) is 9.73. The fourth-order valence-corrected chi connectivity index (χ4v) is 6.24. The Kier molecular flexibility index (Phi) is 6.84. The van der Waals surface area contributed by atoms with Crippen LogP contribution in [0.25, 0.3) is 31.0 Å². The van der Waals surface area contributed by atoms with E-state index in [4.69, 9.17) is 0 Å². The van der Waals surface area contributed by atoms with E-state index in [1.54, 1.807) is 4.88 Å². The molecule has 4 rings (SSSR count). The van der Waals surface area contributed by atoms with Crippen LogP contribution in [0.5, 0.6) is 0 Å². The van der Waals surface area contributed by atoms with Crippen LogP contribution in [-0.4, -0.2) is 0 Å². The molecule has 150 valence electrons. The predicted octanol–water partition coefficient (Wildman–Crippen LogP) is 9.37. The third-order valence-corrected chi connectivity index (χ3v) is 7.96. The molecule has 0 spiro atoms. The number of benzene rings is 2. The lowest BCUT2D eigenvalue weighted by molar-refractivity contribution is 0.723. The summed E-state index contributed by atoms with van der Waals surface area (Å²) in [5.74, 6) is 0. The molecule has 0 aliphatic rings.